The number of hydrogen-bond donors (Lipinski definition) is 1. The van der Waals surface area contributed by atoms with Crippen LogP contribution in [0.4, 0.5) is 0 Å². The molecule has 1 saturated heterocycles. The molecule has 1 aromatic carbocycles. The third kappa shape index (κ3) is 2.78. The van der Waals surface area contributed by atoms with Gasteiger partial charge in [-0.05, 0) is 31.2 Å². The van der Waals surface area contributed by atoms with Crippen molar-refractivity contribution in [1.29, 1.82) is 0 Å². The van der Waals surface area contributed by atoms with Crippen LogP contribution < -0.4 is 0 Å². The Labute approximate surface area is 111 Å². The summed E-state index contributed by atoms with van der Waals surface area (Å²) in [4.78, 5) is 10.8. The van der Waals surface area contributed by atoms with Crippen LogP contribution in [-0.4, -0.2) is 49.6 Å². The fourth-order valence-electron chi connectivity index (χ4n) is 1.97. The van der Waals surface area contributed by atoms with Gasteiger partial charge in [0.1, 0.15) is 0 Å². The van der Waals surface area contributed by atoms with E-state index in [4.69, 9.17) is 9.84 Å². The van der Waals surface area contributed by atoms with E-state index in [0.29, 0.717) is 19.8 Å². The summed E-state index contributed by atoms with van der Waals surface area (Å²) in [5.74, 6) is -1.08. The van der Waals surface area contributed by atoms with Crippen LogP contribution >= 0.6 is 0 Å². The maximum Gasteiger partial charge on any atom is 0.335 e. The number of rotatable bonds is 3. The molecule has 1 atom stereocenters. The van der Waals surface area contributed by atoms with Crippen LogP contribution in [0.3, 0.4) is 0 Å². The monoisotopic (exact) mass is 285 g/mol. The molecule has 19 heavy (non-hydrogen) atoms. The third-order valence-electron chi connectivity index (χ3n) is 3.01. The number of sulfonamides is 1. The van der Waals surface area contributed by atoms with Crippen LogP contribution in [0.5, 0.6) is 0 Å². The summed E-state index contributed by atoms with van der Waals surface area (Å²) in [5, 5.41) is 8.79. The summed E-state index contributed by atoms with van der Waals surface area (Å²) in [6.45, 7) is 2.83. The van der Waals surface area contributed by atoms with E-state index in [1.165, 1.54) is 28.6 Å². The van der Waals surface area contributed by atoms with Gasteiger partial charge in [-0.25, -0.2) is 13.2 Å². The molecule has 1 aliphatic heterocycles. The highest BCUT2D eigenvalue weighted by atomic mass is 32.2. The summed E-state index contributed by atoms with van der Waals surface area (Å²) in [5.41, 5.74) is 0.0639. The van der Waals surface area contributed by atoms with Crippen molar-refractivity contribution in [2.75, 3.05) is 19.8 Å². The van der Waals surface area contributed by atoms with Gasteiger partial charge in [0.25, 0.3) is 0 Å². The zero-order valence-corrected chi connectivity index (χ0v) is 11.3. The van der Waals surface area contributed by atoms with E-state index in [2.05, 4.69) is 0 Å². The molecular weight excluding hydrogens is 270 g/mol. The van der Waals surface area contributed by atoms with E-state index in [1.54, 1.807) is 6.92 Å². The minimum atomic E-state index is -3.59. The third-order valence-corrected chi connectivity index (χ3v) is 5.04. The van der Waals surface area contributed by atoms with Crippen molar-refractivity contribution in [3.8, 4) is 0 Å². The molecule has 1 heterocycles. The number of aromatic carboxylic acids is 1. The lowest BCUT2D eigenvalue weighted by Crippen LogP contribution is -2.46. The molecule has 2 rings (SSSR count). The average Bonchev–Trinajstić information content (AvgIpc) is 2.39. The highest BCUT2D eigenvalue weighted by Crippen LogP contribution is 2.20. The average molecular weight is 285 g/mol. The highest BCUT2D eigenvalue weighted by Gasteiger charge is 2.31. The largest absolute Gasteiger partial charge is 0.478 e. The molecule has 0 spiro atoms. The number of carboxylic acid groups (broad SMARTS) is 1. The Kier molecular flexibility index (Phi) is 3.88. The van der Waals surface area contributed by atoms with Crippen LogP contribution in [-0.2, 0) is 14.8 Å². The van der Waals surface area contributed by atoms with Crippen LogP contribution in [0.25, 0.3) is 0 Å². The lowest BCUT2D eigenvalue weighted by molar-refractivity contribution is 0.0393. The lowest BCUT2D eigenvalue weighted by atomic mass is 10.2. The fourth-order valence-corrected chi connectivity index (χ4v) is 3.57. The number of morpholine rings is 1. The summed E-state index contributed by atoms with van der Waals surface area (Å²) in [6, 6.07) is 5.00. The van der Waals surface area contributed by atoms with Gasteiger partial charge in [-0.2, -0.15) is 4.31 Å². The van der Waals surface area contributed by atoms with Gasteiger partial charge in [0.2, 0.25) is 10.0 Å². The second kappa shape index (κ2) is 5.28. The number of hydrogen-bond acceptors (Lipinski definition) is 4. The molecule has 0 saturated carbocycles. The quantitative estimate of drug-likeness (QED) is 0.887. The molecular formula is C12H15NO5S. The molecule has 104 valence electrons. The van der Waals surface area contributed by atoms with Crippen molar-refractivity contribution in [2.24, 2.45) is 0 Å². The van der Waals surface area contributed by atoms with E-state index >= 15 is 0 Å². The van der Waals surface area contributed by atoms with E-state index in [9.17, 15) is 13.2 Å². The smallest absolute Gasteiger partial charge is 0.335 e. The van der Waals surface area contributed by atoms with Crippen LogP contribution in [0.1, 0.15) is 17.3 Å². The number of benzene rings is 1. The first-order valence-electron chi connectivity index (χ1n) is 5.86. The fraction of sp³-hybridized carbons (Fsp3) is 0.417. The molecule has 1 aliphatic rings. The van der Waals surface area contributed by atoms with Crippen molar-refractivity contribution in [2.45, 2.75) is 17.9 Å². The molecule has 6 nitrogen and oxygen atoms in total. The van der Waals surface area contributed by atoms with E-state index in [-0.39, 0.29) is 16.5 Å². The Morgan fingerprint density at radius 2 is 2.00 bits per heavy atom. The summed E-state index contributed by atoms with van der Waals surface area (Å²) >= 11 is 0. The standard InChI is InChI=1S/C12H15NO5S/c1-9-8-18-7-6-13(9)19(16,17)11-4-2-10(3-5-11)12(14)15/h2-5,9H,6-8H2,1H3,(H,14,15)/t9-/m0/s1. The molecule has 0 unspecified atom stereocenters. The van der Waals surface area contributed by atoms with Gasteiger partial charge in [0.05, 0.1) is 23.7 Å². The SMILES string of the molecule is C[C@H]1COCCN1S(=O)(=O)c1ccc(C(=O)O)cc1. The first-order valence-corrected chi connectivity index (χ1v) is 7.30. The molecule has 0 amide bonds. The van der Waals surface area contributed by atoms with Gasteiger partial charge in [-0.1, -0.05) is 0 Å². The minimum Gasteiger partial charge on any atom is -0.478 e. The van der Waals surface area contributed by atoms with E-state index in [1.807, 2.05) is 0 Å². The van der Waals surface area contributed by atoms with Crippen molar-refractivity contribution >= 4 is 16.0 Å². The van der Waals surface area contributed by atoms with E-state index < -0.39 is 16.0 Å². The van der Waals surface area contributed by atoms with Gasteiger partial charge in [0, 0.05) is 12.6 Å². The topological polar surface area (TPSA) is 83.9 Å². The predicted octanol–water partition coefficient (Wildman–Crippen LogP) is 0.794. The first-order chi connectivity index (χ1) is 8.93. The molecule has 1 N–H and O–H groups in total. The predicted molar refractivity (Wildman–Crippen MR) is 67.6 cm³/mol. The van der Waals surface area contributed by atoms with Gasteiger partial charge in [-0.3, -0.25) is 0 Å². The summed E-state index contributed by atoms with van der Waals surface area (Å²) in [6.07, 6.45) is 0. The molecule has 0 aromatic heterocycles. The highest BCUT2D eigenvalue weighted by molar-refractivity contribution is 7.89. The van der Waals surface area contributed by atoms with Gasteiger partial charge in [-0.15, -0.1) is 0 Å². The Hall–Kier alpha value is -1.44. The number of nitrogens with zero attached hydrogens (tertiary/aromatic N) is 1. The molecule has 0 aliphatic carbocycles. The minimum absolute atomic E-state index is 0.0639. The molecule has 7 heteroatoms. The maximum atomic E-state index is 12.4. The summed E-state index contributed by atoms with van der Waals surface area (Å²) in [7, 11) is -3.59. The zero-order chi connectivity index (χ0) is 14.0. The van der Waals surface area contributed by atoms with Crippen LogP contribution in [0.2, 0.25) is 0 Å². The van der Waals surface area contributed by atoms with E-state index in [0.717, 1.165) is 0 Å². The Morgan fingerprint density at radius 1 is 1.37 bits per heavy atom. The van der Waals surface area contributed by atoms with Crippen molar-refractivity contribution in [3.05, 3.63) is 29.8 Å². The van der Waals surface area contributed by atoms with Crippen molar-refractivity contribution in [3.63, 3.8) is 0 Å². The Balaban J connectivity index is 2.30. The van der Waals surface area contributed by atoms with Crippen molar-refractivity contribution in [1.82, 2.24) is 4.31 Å². The van der Waals surface area contributed by atoms with Crippen LogP contribution in [0.15, 0.2) is 29.2 Å². The van der Waals surface area contributed by atoms with Gasteiger partial charge >= 0.3 is 5.97 Å². The van der Waals surface area contributed by atoms with Gasteiger partial charge in [0.15, 0.2) is 0 Å². The van der Waals surface area contributed by atoms with Gasteiger partial charge < -0.3 is 9.84 Å². The zero-order valence-electron chi connectivity index (χ0n) is 10.4. The Morgan fingerprint density at radius 3 is 2.53 bits per heavy atom. The molecule has 1 aromatic rings. The molecule has 0 radical (unpaired) electrons. The molecule has 0 bridgehead atoms. The summed E-state index contributed by atoms with van der Waals surface area (Å²) < 4.78 is 31.4. The second-order valence-electron chi connectivity index (χ2n) is 4.37. The lowest BCUT2D eigenvalue weighted by Gasteiger charge is -2.32. The number of ether oxygens (including phenoxy) is 1. The second-order valence-corrected chi connectivity index (χ2v) is 6.26. The number of carboxylic acids is 1. The maximum absolute atomic E-state index is 12.4. The number of carbonyl (C=O) groups is 1. The van der Waals surface area contributed by atoms with Crippen molar-refractivity contribution < 1.29 is 23.1 Å². The first kappa shape index (κ1) is 14.0. The molecule has 1 fully saturated rings. The van der Waals surface area contributed by atoms with Crippen LogP contribution in [0, 0.1) is 0 Å². The Bertz CT molecular complexity index is 566. The normalized spacial score (nSPS) is 21.2.